The number of nitriles is 1. The van der Waals surface area contributed by atoms with Crippen molar-refractivity contribution in [2.45, 2.75) is 26.3 Å². The number of carbonyl (C=O) groups excluding carboxylic acids is 1. The number of hydrogen-bond acceptors (Lipinski definition) is 5. The summed E-state index contributed by atoms with van der Waals surface area (Å²) in [5.74, 6) is -1.22. The van der Waals surface area contributed by atoms with Crippen molar-refractivity contribution >= 4 is 29.3 Å². The molecule has 0 bridgehead atoms. The van der Waals surface area contributed by atoms with Crippen LogP contribution >= 0.6 is 11.8 Å². The van der Waals surface area contributed by atoms with Crippen LogP contribution in [0.5, 0.6) is 0 Å². The van der Waals surface area contributed by atoms with Gasteiger partial charge in [-0.3, -0.25) is 4.79 Å². The van der Waals surface area contributed by atoms with Crippen molar-refractivity contribution in [3.63, 3.8) is 0 Å². The Morgan fingerprint density at radius 3 is 2.50 bits per heavy atom. The van der Waals surface area contributed by atoms with Crippen LogP contribution in [0.25, 0.3) is 0 Å². The van der Waals surface area contributed by atoms with E-state index in [4.69, 9.17) is 10.4 Å². The van der Waals surface area contributed by atoms with Crippen LogP contribution < -0.4 is 10.6 Å². The lowest BCUT2D eigenvalue weighted by molar-refractivity contribution is -0.141. The van der Waals surface area contributed by atoms with Crippen LogP contribution in [0.2, 0.25) is 0 Å². The van der Waals surface area contributed by atoms with E-state index in [1.54, 1.807) is 6.07 Å². The molecule has 1 unspecified atom stereocenters. The minimum Gasteiger partial charge on any atom is -0.480 e. The number of carboxylic acid groups (broad SMARTS) is 1. The van der Waals surface area contributed by atoms with Crippen LogP contribution in [0.3, 0.4) is 0 Å². The Bertz CT molecular complexity index is 660. The van der Waals surface area contributed by atoms with Gasteiger partial charge in [-0.2, -0.15) is 17.0 Å². The maximum absolute atomic E-state index is 12.1. The minimum atomic E-state index is -1.11. The molecule has 0 spiro atoms. The molecular formula is C17H21N3O3S. The molecule has 0 saturated carbocycles. The molecule has 0 fully saturated rings. The van der Waals surface area contributed by atoms with Crippen molar-refractivity contribution in [3.05, 3.63) is 41.1 Å². The van der Waals surface area contributed by atoms with E-state index in [2.05, 4.69) is 10.6 Å². The van der Waals surface area contributed by atoms with E-state index in [1.807, 2.05) is 38.3 Å². The number of aryl methyl sites for hydroxylation is 2. The Hall–Kier alpha value is -2.46. The highest BCUT2D eigenvalue weighted by atomic mass is 32.2. The first-order chi connectivity index (χ1) is 11.4. The summed E-state index contributed by atoms with van der Waals surface area (Å²) in [6.45, 7) is 3.83. The summed E-state index contributed by atoms with van der Waals surface area (Å²) in [4.78, 5) is 23.3. The Balaban J connectivity index is 2.86. The van der Waals surface area contributed by atoms with Gasteiger partial charge in [0.25, 0.3) is 5.91 Å². The fourth-order valence-electron chi connectivity index (χ4n) is 2.06. The normalized spacial score (nSPS) is 12.2. The Labute approximate surface area is 145 Å². The molecule has 1 rings (SSSR count). The number of nitrogens with zero attached hydrogens (tertiary/aromatic N) is 1. The SMILES string of the molecule is CSCCC(NC(=O)/C(C#N)=C\Nc1c(C)cccc1C)C(=O)O. The van der Waals surface area contributed by atoms with Gasteiger partial charge in [0.05, 0.1) is 0 Å². The first kappa shape index (κ1) is 19.6. The maximum Gasteiger partial charge on any atom is 0.326 e. The van der Waals surface area contributed by atoms with Gasteiger partial charge in [0, 0.05) is 11.9 Å². The molecule has 0 aliphatic rings. The molecule has 0 saturated heterocycles. The van der Waals surface area contributed by atoms with Crippen molar-refractivity contribution in [1.29, 1.82) is 5.26 Å². The van der Waals surface area contributed by atoms with Gasteiger partial charge in [-0.15, -0.1) is 0 Å². The van der Waals surface area contributed by atoms with Crippen molar-refractivity contribution in [3.8, 4) is 6.07 Å². The molecule has 1 aromatic carbocycles. The van der Waals surface area contributed by atoms with Crippen molar-refractivity contribution in [2.75, 3.05) is 17.3 Å². The number of anilines is 1. The molecule has 0 aliphatic heterocycles. The summed E-state index contributed by atoms with van der Waals surface area (Å²) in [5, 5.41) is 23.7. The van der Waals surface area contributed by atoms with E-state index in [0.717, 1.165) is 16.8 Å². The van der Waals surface area contributed by atoms with Crippen LogP contribution in [0.1, 0.15) is 17.5 Å². The number of carbonyl (C=O) groups is 2. The molecular weight excluding hydrogens is 326 g/mol. The average molecular weight is 347 g/mol. The second kappa shape index (κ2) is 9.63. The van der Waals surface area contributed by atoms with E-state index in [0.29, 0.717) is 12.2 Å². The second-order valence-corrected chi connectivity index (χ2v) is 6.21. The smallest absolute Gasteiger partial charge is 0.326 e. The number of thioether (sulfide) groups is 1. The summed E-state index contributed by atoms with van der Waals surface area (Å²) in [6.07, 6.45) is 3.46. The van der Waals surface area contributed by atoms with Crippen LogP contribution in [-0.2, 0) is 9.59 Å². The highest BCUT2D eigenvalue weighted by Crippen LogP contribution is 2.19. The molecule has 128 valence electrons. The van der Waals surface area contributed by atoms with Crippen molar-refractivity contribution < 1.29 is 14.7 Å². The molecule has 1 atom stereocenters. The van der Waals surface area contributed by atoms with Gasteiger partial charge in [-0.05, 0) is 43.4 Å². The van der Waals surface area contributed by atoms with Crippen molar-refractivity contribution in [2.24, 2.45) is 0 Å². The Kier molecular flexibility index (Phi) is 7.86. The highest BCUT2D eigenvalue weighted by Gasteiger charge is 2.21. The third kappa shape index (κ3) is 5.63. The first-order valence-corrected chi connectivity index (χ1v) is 8.75. The lowest BCUT2D eigenvalue weighted by Gasteiger charge is -2.14. The van der Waals surface area contributed by atoms with Gasteiger partial charge in [0.1, 0.15) is 17.7 Å². The van der Waals surface area contributed by atoms with Gasteiger partial charge in [-0.25, -0.2) is 4.79 Å². The standard InChI is InChI=1S/C17H21N3O3S/c1-11-5-4-6-12(2)15(11)19-10-13(9-18)16(21)20-14(17(22)23)7-8-24-3/h4-6,10,14,19H,7-8H2,1-3H3,(H,20,21)(H,22,23)/b13-10-. The van der Waals surface area contributed by atoms with Gasteiger partial charge in [0.2, 0.25) is 0 Å². The molecule has 7 heteroatoms. The van der Waals surface area contributed by atoms with E-state index < -0.39 is 17.9 Å². The number of hydrogen-bond donors (Lipinski definition) is 3. The largest absolute Gasteiger partial charge is 0.480 e. The quantitative estimate of drug-likeness (QED) is 0.493. The van der Waals surface area contributed by atoms with Gasteiger partial charge < -0.3 is 15.7 Å². The number of benzene rings is 1. The zero-order chi connectivity index (χ0) is 18.1. The van der Waals surface area contributed by atoms with E-state index in [1.165, 1.54) is 18.0 Å². The molecule has 24 heavy (non-hydrogen) atoms. The predicted octanol–water partition coefficient (Wildman–Crippen LogP) is 2.45. The molecule has 0 heterocycles. The third-order valence-corrected chi connectivity index (χ3v) is 4.07. The van der Waals surface area contributed by atoms with Gasteiger partial charge in [-0.1, -0.05) is 18.2 Å². The average Bonchev–Trinajstić information content (AvgIpc) is 2.54. The summed E-state index contributed by atoms with van der Waals surface area (Å²) in [6, 6.07) is 6.53. The number of carboxylic acids is 1. The molecule has 1 aromatic rings. The van der Waals surface area contributed by atoms with E-state index >= 15 is 0 Å². The zero-order valence-electron chi connectivity index (χ0n) is 13.9. The summed E-state index contributed by atoms with van der Waals surface area (Å²) < 4.78 is 0. The zero-order valence-corrected chi connectivity index (χ0v) is 14.7. The number of aliphatic carboxylic acids is 1. The minimum absolute atomic E-state index is 0.173. The van der Waals surface area contributed by atoms with E-state index in [9.17, 15) is 9.59 Å². The molecule has 6 nitrogen and oxygen atoms in total. The second-order valence-electron chi connectivity index (χ2n) is 5.23. The molecule has 0 radical (unpaired) electrons. The van der Waals surface area contributed by atoms with Crippen LogP contribution in [0.4, 0.5) is 5.69 Å². The first-order valence-electron chi connectivity index (χ1n) is 7.36. The molecule has 0 aromatic heterocycles. The topological polar surface area (TPSA) is 102 Å². The number of amides is 1. The van der Waals surface area contributed by atoms with Crippen LogP contribution in [0, 0.1) is 25.2 Å². The summed E-state index contributed by atoms with van der Waals surface area (Å²) >= 11 is 1.49. The third-order valence-electron chi connectivity index (χ3n) is 3.42. The maximum atomic E-state index is 12.1. The lowest BCUT2D eigenvalue weighted by Crippen LogP contribution is -2.41. The monoisotopic (exact) mass is 347 g/mol. The van der Waals surface area contributed by atoms with E-state index in [-0.39, 0.29) is 5.57 Å². The predicted molar refractivity (Wildman–Crippen MR) is 95.8 cm³/mol. The summed E-state index contributed by atoms with van der Waals surface area (Å²) in [5.41, 5.74) is 2.60. The number of para-hydroxylation sites is 1. The lowest BCUT2D eigenvalue weighted by atomic mass is 10.1. The van der Waals surface area contributed by atoms with Crippen LogP contribution in [-0.4, -0.2) is 35.0 Å². The summed E-state index contributed by atoms with van der Waals surface area (Å²) in [7, 11) is 0. The Morgan fingerprint density at radius 2 is 2.00 bits per heavy atom. The van der Waals surface area contributed by atoms with Gasteiger partial charge >= 0.3 is 5.97 Å². The Morgan fingerprint density at radius 1 is 1.38 bits per heavy atom. The van der Waals surface area contributed by atoms with Gasteiger partial charge in [0.15, 0.2) is 0 Å². The highest BCUT2D eigenvalue weighted by molar-refractivity contribution is 7.98. The molecule has 0 aliphatic carbocycles. The number of rotatable bonds is 8. The van der Waals surface area contributed by atoms with Crippen molar-refractivity contribution in [1.82, 2.24) is 5.32 Å². The molecule has 1 amide bonds. The number of nitrogens with one attached hydrogen (secondary N) is 2. The molecule has 3 N–H and O–H groups in total. The fraction of sp³-hybridized carbons (Fsp3) is 0.353. The van der Waals surface area contributed by atoms with Crippen LogP contribution in [0.15, 0.2) is 30.0 Å². The fourth-order valence-corrected chi connectivity index (χ4v) is 2.54.